The lowest BCUT2D eigenvalue weighted by atomic mass is 9.97. The number of para-hydroxylation sites is 1. The molecule has 0 amide bonds. The zero-order valence-electron chi connectivity index (χ0n) is 12.4. The van der Waals surface area contributed by atoms with Gasteiger partial charge in [-0.25, -0.2) is 0 Å². The molecule has 22 heavy (non-hydrogen) atoms. The number of ether oxygens (including phenoxy) is 1. The van der Waals surface area contributed by atoms with Crippen molar-refractivity contribution < 1.29 is 9.66 Å². The number of nitro groups is 1. The third-order valence-corrected chi connectivity index (χ3v) is 4.18. The maximum Gasteiger partial charge on any atom is 0.272 e. The van der Waals surface area contributed by atoms with Crippen LogP contribution >= 0.6 is 0 Å². The average molecular weight is 298 g/mol. The summed E-state index contributed by atoms with van der Waals surface area (Å²) in [5.41, 5.74) is 2.15. The van der Waals surface area contributed by atoms with Crippen LogP contribution in [-0.4, -0.2) is 25.1 Å². The third kappa shape index (κ3) is 2.74. The highest BCUT2D eigenvalue weighted by Gasteiger charge is 2.29. The zero-order valence-corrected chi connectivity index (χ0v) is 12.4. The lowest BCUT2D eigenvalue weighted by Crippen LogP contribution is -2.19. The number of hydrogen-bond acceptors (Lipinski definition) is 4. The summed E-state index contributed by atoms with van der Waals surface area (Å²) in [5.74, 6) is 1.01. The minimum absolute atomic E-state index is 0.188. The van der Waals surface area contributed by atoms with Crippen LogP contribution in [0.15, 0.2) is 48.5 Å². The Morgan fingerprint density at radius 2 is 2.05 bits per heavy atom. The Morgan fingerprint density at radius 3 is 2.82 bits per heavy atom. The van der Waals surface area contributed by atoms with Crippen LogP contribution in [0.5, 0.6) is 5.75 Å². The second-order valence-corrected chi connectivity index (χ2v) is 5.45. The van der Waals surface area contributed by atoms with Crippen molar-refractivity contribution in [3.05, 3.63) is 64.2 Å². The van der Waals surface area contributed by atoms with Gasteiger partial charge in [-0.15, -0.1) is 0 Å². The molecule has 5 heteroatoms. The van der Waals surface area contributed by atoms with Crippen LogP contribution in [0.1, 0.15) is 17.9 Å². The molecule has 1 aliphatic rings. The molecule has 0 aliphatic carbocycles. The normalized spacial score (nSPS) is 17.5. The minimum Gasteiger partial charge on any atom is -0.497 e. The van der Waals surface area contributed by atoms with E-state index in [9.17, 15) is 10.1 Å². The number of methoxy groups -OCH3 is 1. The second-order valence-electron chi connectivity index (χ2n) is 5.45. The molecule has 0 spiro atoms. The maximum absolute atomic E-state index is 11.2. The van der Waals surface area contributed by atoms with E-state index in [0.29, 0.717) is 0 Å². The fourth-order valence-corrected chi connectivity index (χ4v) is 3.05. The standard InChI is InChI=1S/C17H18N2O3/c1-22-15-6-4-5-14(11-15)18-10-9-13(12-18)16-7-2-3-8-17(16)19(20)21/h2-8,11,13H,9-10,12H2,1H3. The molecule has 5 nitrogen and oxygen atoms in total. The Labute approximate surface area is 129 Å². The Bertz CT molecular complexity index is 687. The van der Waals surface area contributed by atoms with Gasteiger partial charge in [0, 0.05) is 42.4 Å². The molecule has 0 radical (unpaired) electrons. The van der Waals surface area contributed by atoms with Crippen molar-refractivity contribution in [2.75, 3.05) is 25.1 Å². The lowest BCUT2D eigenvalue weighted by molar-refractivity contribution is -0.385. The van der Waals surface area contributed by atoms with Crippen LogP contribution < -0.4 is 9.64 Å². The molecule has 0 bridgehead atoms. The van der Waals surface area contributed by atoms with E-state index in [2.05, 4.69) is 4.90 Å². The highest BCUT2D eigenvalue weighted by Crippen LogP contribution is 2.35. The first-order chi connectivity index (χ1) is 10.7. The molecule has 3 rings (SSSR count). The molecule has 1 aliphatic heterocycles. The average Bonchev–Trinajstić information content (AvgIpc) is 3.05. The van der Waals surface area contributed by atoms with Gasteiger partial charge in [0.15, 0.2) is 0 Å². The summed E-state index contributed by atoms with van der Waals surface area (Å²) in [6, 6.07) is 15.0. The van der Waals surface area contributed by atoms with Crippen LogP contribution in [0.25, 0.3) is 0 Å². The van der Waals surface area contributed by atoms with Crippen LogP contribution in [-0.2, 0) is 0 Å². The summed E-state index contributed by atoms with van der Waals surface area (Å²) < 4.78 is 5.26. The monoisotopic (exact) mass is 298 g/mol. The first-order valence-electron chi connectivity index (χ1n) is 7.31. The first kappa shape index (κ1) is 14.4. The van der Waals surface area contributed by atoms with Gasteiger partial charge >= 0.3 is 0 Å². The van der Waals surface area contributed by atoms with Gasteiger partial charge in [0.1, 0.15) is 5.75 Å². The second kappa shape index (κ2) is 6.05. The van der Waals surface area contributed by atoms with Crippen molar-refractivity contribution >= 4 is 11.4 Å². The van der Waals surface area contributed by atoms with Crippen LogP contribution in [0, 0.1) is 10.1 Å². The van der Waals surface area contributed by atoms with Crippen LogP contribution in [0.4, 0.5) is 11.4 Å². The summed E-state index contributed by atoms with van der Waals surface area (Å²) in [4.78, 5) is 13.2. The van der Waals surface area contributed by atoms with Crippen molar-refractivity contribution in [3.63, 3.8) is 0 Å². The summed E-state index contributed by atoms with van der Waals surface area (Å²) in [6.45, 7) is 1.68. The van der Waals surface area contributed by atoms with Crippen LogP contribution in [0.3, 0.4) is 0 Å². The molecule has 1 heterocycles. The Balaban J connectivity index is 1.82. The predicted molar refractivity (Wildman–Crippen MR) is 85.7 cm³/mol. The lowest BCUT2D eigenvalue weighted by Gasteiger charge is -2.19. The van der Waals surface area contributed by atoms with Crippen molar-refractivity contribution in [1.29, 1.82) is 0 Å². The van der Waals surface area contributed by atoms with E-state index in [1.807, 2.05) is 36.4 Å². The number of rotatable bonds is 4. The molecular formula is C17H18N2O3. The highest BCUT2D eigenvalue weighted by atomic mass is 16.6. The summed E-state index contributed by atoms with van der Waals surface area (Å²) in [5, 5.41) is 11.2. The van der Waals surface area contributed by atoms with Gasteiger partial charge in [0.05, 0.1) is 12.0 Å². The fourth-order valence-electron chi connectivity index (χ4n) is 3.05. The van der Waals surface area contributed by atoms with Gasteiger partial charge < -0.3 is 9.64 Å². The van der Waals surface area contributed by atoms with E-state index in [1.54, 1.807) is 19.2 Å². The highest BCUT2D eigenvalue weighted by molar-refractivity contribution is 5.53. The molecule has 1 atom stereocenters. The van der Waals surface area contributed by atoms with Gasteiger partial charge in [0.2, 0.25) is 0 Å². The van der Waals surface area contributed by atoms with Gasteiger partial charge in [-0.3, -0.25) is 10.1 Å². The van der Waals surface area contributed by atoms with E-state index in [0.717, 1.165) is 36.5 Å². The quantitative estimate of drug-likeness (QED) is 0.639. The largest absolute Gasteiger partial charge is 0.497 e. The van der Waals surface area contributed by atoms with Gasteiger partial charge in [-0.05, 0) is 18.6 Å². The van der Waals surface area contributed by atoms with E-state index in [1.165, 1.54) is 0 Å². The van der Waals surface area contributed by atoms with Gasteiger partial charge in [-0.1, -0.05) is 24.3 Å². The Morgan fingerprint density at radius 1 is 1.23 bits per heavy atom. The Kier molecular flexibility index (Phi) is 3.96. The smallest absolute Gasteiger partial charge is 0.272 e. The maximum atomic E-state index is 11.2. The molecule has 2 aromatic rings. The van der Waals surface area contributed by atoms with Crippen molar-refractivity contribution in [1.82, 2.24) is 0 Å². The molecule has 1 saturated heterocycles. The predicted octanol–water partition coefficient (Wildman–Crippen LogP) is 3.60. The molecule has 2 aromatic carbocycles. The van der Waals surface area contributed by atoms with E-state index in [4.69, 9.17) is 4.74 Å². The number of anilines is 1. The third-order valence-electron chi connectivity index (χ3n) is 4.18. The zero-order chi connectivity index (χ0) is 15.5. The summed E-state index contributed by atoms with van der Waals surface area (Å²) >= 11 is 0. The van der Waals surface area contributed by atoms with Gasteiger partial charge in [0.25, 0.3) is 5.69 Å². The van der Waals surface area contributed by atoms with Crippen molar-refractivity contribution in [3.8, 4) is 5.75 Å². The van der Waals surface area contributed by atoms with E-state index < -0.39 is 0 Å². The summed E-state index contributed by atoms with van der Waals surface area (Å²) in [7, 11) is 1.65. The van der Waals surface area contributed by atoms with E-state index in [-0.39, 0.29) is 16.5 Å². The summed E-state index contributed by atoms with van der Waals surface area (Å²) in [6.07, 6.45) is 0.919. The first-order valence-corrected chi connectivity index (χ1v) is 7.31. The molecule has 0 saturated carbocycles. The number of nitro benzene ring substituents is 1. The van der Waals surface area contributed by atoms with Crippen molar-refractivity contribution in [2.24, 2.45) is 0 Å². The number of benzene rings is 2. The fraction of sp³-hybridized carbons (Fsp3) is 0.294. The molecule has 1 unspecified atom stereocenters. The SMILES string of the molecule is COc1cccc(N2CCC(c3ccccc3[N+](=O)[O-])C2)c1. The molecule has 114 valence electrons. The topological polar surface area (TPSA) is 55.6 Å². The van der Waals surface area contributed by atoms with Crippen molar-refractivity contribution in [2.45, 2.75) is 12.3 Å². The molecular weight excluding hydrogens is 280 g/mol. The van der Waals surface area contributed by atoms with E-state index >= 15 is 0 Å². The minimum atomic E-state index is -0.288. The Hall–Kier alpha value is -2.56. The van der Waals surface area contributed by atoms with Gasteiger partial charge in [-0.2, -0.15) is 0 Å². The molecule has 0 N–H and O–H groups in total. The van der Waals surface area contributed by atoms with Crippen LogP contribution in [0.2, 0.25) is 0 Å². The molecule has 1 fully saturated rings. The molecule has 0 aromatic heterocycles. The number of nitrogens with zero attached hydrogens (tertiary/aromatic N) is 2. The number of hydrogen-bond donors (Lipinski definition) is 0.